The first-order valence-corrected chi connectivity index (χ1v) is 7.09. The maximum absolute atomic E-state index is 11.9. The van der Waals surface area contributed by atoms with Gasteiger partial charge in [-0.15, -0.1) is 0 Å². The lowest BCUT2D eigenvalue weighted by Crippen LogP contribution is -2.39. The highest BCUT2D eigenvalue weighted by molar-refractivity contribution is 7.89. The van der Waals surface area contributed by atoms with E-state index in [-0.39, 0.29) is 11.6 Å². The van der Waals surface area contributed by atoms with Gasteiger partial charge in [-0.2, -0.15) is 4.72 Å². The van der Waals surface area contributed by atoms with Gasteiger partial charge in [0, 0.05) is 12.7 Å². The van der Waals surface area contributed by atoms with Gasteiger partial charge in [-0.1, -0.05) is 0 Å². The van der Waals surface area contributed by atoms with Crippen molar-refractivity contribution in [2.45, 2.75) is 38.4 Å². The van der Waals surface area contributed by atoms with E-state index >= 15 is 0 Å². The Hall–Kier alpha value is -1.41. The van der Waals surface area contributed by atoms with Crippen LogP contribution in [0, 0.1) is 0 Å². The molecule has 0 fully saturated rings. The molecule has 1 atom stereocenters. The molecule has 1 rings (SSSR count). The summed E-state index contributed by atoms with van der Waals surface area (Å²) in [4.78, 5) is 15.1. The summed E-state index contributed by atoms with van der Waals surface area (Å²) in [6, 6.07) is -0.943. The van der Waals surface area contributed by atoms with Crippen LogP contribution in [-0.4, -0.2) is 36.6 Å². The van der Waals surface area contributed by atoms with Crippen molar-refractivity contribution < 1.29 is 17.9 Å². The number of carbonyl (C=O) groups is 1. The molecule has 102 valence electrons. The van der Waals surface area contributed by atoms with Gasteiger partial charge >= 0.3 is 5.97 Å². The maximum atomic E-state index is 11.9. The van der Waals surface area contributed by atoms with Crippen LogP contribution in [0.1, 0.15) is 20.8 Å². The minimum Gasteiger partial charge on any atom is -0.465 e. The van der Waals surface area contributed by atoms with Crippen molar-refractivity contribution in [1.29, 1.82) is 0 Å². The van der Waals surface area contributed by atoms with Crippen LogP contribution in [0.2, 0.25) is 0 Å². The summed E-state index contributed by atoms with van der Waals surface area (Å²) in [6.07, 6.45) is 2.82. The first-order chi connectivity index (χ1) is 8.40. The van der Waals surface area contributed by atoms with Crippen molar-refractivity contribution in [2.75, 3.05) is 6.61 Å². The highest BCUT2D eigenvalue weighted by Crippen LogP contribution is 2.06. The third-order valence-electron chi connectivity index (χ3n) is 2.22. The molecule has 8 heteroatoms. The number of imidazole rings is 1. The number of esters is 1. The summed E-state index contributed by atoms with van der Waals surface area (Å²) in [5.41, 5.74) is 0. The summed E-state index contributed by atoms with van der Waals surface area (Å²) >= 11 is 0. The largest absolute Gasteiger partial charge is 0.465 e. The lowest BCUT2D eigenvalue weighted by atomic mass is 10.4. The Balaban J connectivity index is 2.78. The average molecular weight is 275 g/mol. The summed E-state index contributed by atoms with van der Waals surface area (Å²) in [5, 5.41) is -0.111. The number of aryl methyl sites for hydroxylation is 1. The molecule has 7 nitrogen and oxygen atoms in total. The Bertz CT molecular complexity index is 509. The molecule has 0 spiro atoms. The quantitative estimate of drug-likeness (QED) is 0.745. The SMILES string of the molecule is CCOC(=O)C(C)NS(=O)(=O)c1cn(CC)cn1. The minimum absolute atomic E-state index is 0.111. The van der Waals surface area contributed by atoms with E-state index in [2.05, 4.69) is 9.71 Å². The van der Waals surface area contributed by atoms with Gasteiger partial charge in [-0.25, -0.2) is 13.4 Å². The van der Waals surface area contributed by atoms with E-state index < -0.39 is 22.0 Å². The number of rotatable bonds is 6. The number of aromatic nitrogens is 2. The van der Waals surface area contributed by atoms with Crippen LogP contribution in [0.5, 0.6) is 0 Å². The standard InChI is InChI=1S/C10H17N3O4S/c1-4-13-6-9(11-7-13)18(15,16)12-8(3)10(14)17-5-2/h6-8,12H,4-5H2,1-3H3. The van der Waals surface area contributed by atoms with Crippen molar-refractivity contribution in [1.82, 2.24) is 14.3 Å². The molecule has 0 radical (unpaired) electrons. The summed E-state index contributed by atoms with van der Waals surface area (Å²) in [7, 11) is -3.79. The molecule has 0 aliphatic rings. The Morgan fingerprint density at radius 3 is 2.72 bits per heavy atom. The molecular weight excluding hydrogens is 258 g/mol. The Morgan fingerprint density at radius 1 is 1.56 bits per heavy atom. The maximum Gasteiger partial charge on any atom is 0.323 e. The molecule has 0 saturated carbocycles. The molecule has 0 aromatic carbocycles. The van der Waals surface area contributed by atoms with Gasteiger partial charge in [0.2, 0.25) is 0 Å². The van der Waals surface area contributed by atoms with Crippen LogP contribution in [0.4, 0.5) is 0 Å². The van der Waals surface area contributed by atoms with Gasteiger partial charge in [-0.3, -0.25) is 4.79 Å². The second-order valence-electron chi connectivity index (χ2n) is 3.64. The van der Waals surface area contributed by atoms with Gasteiger partial charge in [0.25, 0.3) is 10.0 Å². The highest BCUT2D eigenvalue weighted by atomic mass is 32.2. The third-order valence-corrected chi connectivity index (χ3v) is 3.65. The first-order valence-electron chi connectivity index (χ1n) is 5.61. The molecule has 1 aromatic rings. The number of carbonyl (C=O) groups excluding carboxylic acids is 1. The zero-order valence-electron chi connectivity index (χ0n) is 10.6. The number of hydrogen-bond acceptors (Lipinski definition) is 5. The molecule has 0 saturated heterocycles. The zero-order valence-corrected chi connectivity index (χ0v) is 11.4. The van der Waals surface area contributed by atoms with Crippen molar-refractivity contribution in [3.8, 4) is 0 Å². The molecule has 1 unspecified atom stereocenters. The Labute approximate surface area is 106 Å². The van der Waals surface area contributed by atoms with Crippen LogP contribution >= 0.6 is 0 Å². The highest BCUT2D eigenvalue weighted by Gasteiger charge is 2.24. The molecule has 1 heterocycles. The Morgan fingerprint density at radius 2 is 2.22 bits per heavy atom. The van der Waals surface area contributed by atoms with Crippen molar-refractivity contribution in [3.05, 3.63) is 12.5 Å². The Kier molecular flexibility index (Phi) is 4.85. The lowest BCUT2D eigenvalue weighted by molar-refractivity contribution is -0.144. The van der Waals surface area contributed by atoms with Crippen molar-refractivity contribution >= 4 is 16.0 Å². The van der Waals surface area contributed by atoms with Gasteiger partial charge in [0.1, 0.15) is 6.04 Å². The minimum atomic E-state index is -3.79. The predicted molar refractivity (Wildman–Crippen MR) is 64.3 cm³/mol. The molecule has 1 N–H and O–H groups in total. The second kappa shape index (κ2) is 5.96. The second-order valence-corrected chi connectivity index (χ2v) is 5.30. The van der Waals surface area contributed by atoms with Crippen LogP contribution in [0.15, 0.2) is 17.6 Å². The predicted octanol–water partition coefficient (Wildman–Crippen LogP) is 0.133. The number of hydrogen-bond donors (Lipinski definition) is 1. The normalized spacial score (nSPS) is 13.3. The number of nitrogens with zero attached hydrogens (tertiary/aromatic N) is 2. The average Bonchev–Trinajstić information content (AvgIpc) is 2.78. The van der Waals surface area contributed by atoms with Crippen LogP contribution < -0.4 is 4.72 Å². The number of sulfonamides is 1. The number of ether oxygens (including phenoxy) is 1. The number of nitrogens with one attached hydrogen (secondary N) is 1. The van der Waals surface area contributed by atoms with E-state index in [1.54, 1.807) is 11.5 Å². The summed E-state index contributed by atoms with van der Waals surface area (Å²) in [6.45, 7) is 5.77. The topological polar surface area (TPSA) is 90.3 Å². The van der Waals surface area contributed by atoms with Crippen molar-refractivity contribution in [3.63, 3.8) is 0 Å². The van der Waals surface area contributed by atoms with E-state index in [9.17, 15) is 13.2 Å². The van der Waals surface area contributed by atoms with E-state index in [1.807, 2.05) is 6.92 Å². The third kappa shape index (κ3) is 3.54. The van der Waals surface area contributed by atoms with E-state index in [4.69, 9.17) is 4.74 Å². The zero-order chi connectivity index (χ0) is 13.8. The fraction of sp³-hybridized carbons (Fsp3) is 0.600. The smallest absolute Gasteiger partial charge is 0.323 e. The molecular formula is C10H17N3O4S. The summed E-state index contributed by atoms with van der Waals surface area (Å²) in [5.74, 6) is -0.615. The fourth-order valence-electron chi connectivity index (χ4n) is 1.26. The molecule has 0 bridgehead atoms. The van der Waals surface area contributed by atoms with Crippen molar-refractivity contribution in [2.24, 2.45) is 0 Å². The van der Waals surface area contributed by atoms with Crippen LogP contribution in [0.25, 0.3) is 0 Å². The first kappa shape index (κ1) is 14.7. The molecule has 0 aliphatic carbocycles. The van der Waals surface area contributed by atoms with Gasteiger partial charge in [0.05, 0.1) is 12.9 Å². The van der Waals surface area contributed by atoms with E-state index in [0.717, 1.165) is 0 Å². The molecule has 0 amide bonds. The van der Waals surface area contributed by atoms with Crippen LogP contribution in [-0.2, 0) is 26.1 Å². The van der Waals surface area contributed by atoms with E-state index in [0.29, 0.717) is 6.54 Å². The van der Waals surface area contributed by atoms with E-state index in [1.165, 1.54) is 19.4 Å². The molecule has 18 heavy (non-hydrogen) atoms. The van der Waals surface area contributed by atoms with Gasteiger partial charge in [-0.05, 0) is 20.8 Å². The van der Waals surface area contributed by atoms with Gasteiger partial charge in [0.15, 0.2) is 5.03 Å². The lowest BCUT2D eigenvalue weighted by Gasteiger charge is -2.11. The van der Waals surface area contributed by atoms with Gasteiger partial charge < -0.3 is 9.30 Å². The monoisotopic (exact) mass is 275 g/mol. The molecule has 1 aromatic heterocycles. The van der Waals surface area contributed by atoms with Crippen LogP contribution in [0.3, 0.4) is 0 Å². The fourth-order valence-corrected chi connectivity index (χ4v) is 2.40. The summed E-state index contributed by atoms with van der Waals surface area (Å²) < 4.78 is 32.3. The molecule has 0 aliphatic heterocycles.